The van der Waals surface area contributed by atoms with Gasteiger partial charge in [-0.2, -0.15) is 0 Å². The molecule has 1 aliphatic rings. The second-order valence-corrected chi connectivity index (χ2v) is 5.15. The van der Waals surface area contributed by atoms with Crippen LogP contribution in [-0.4, -0.2) is 30.7 Å². The summed E-state index contributed by atoms with van der Waals surface area (Å²) in [6.07, 6.45) is 2.57. The predicted octanol–water partition coefficient (Wildman–Crippen LogP) is 1.05. The molecule has 4 heteroatoms. The minimum atomic E-state index is -0.124. The number of carbonyl (C=O) groups excluding carboxylic acids is 1. The molecule has 94 valence electrons. The third-order valence-electron chi connectivity index (χ3n) is 3.19. The Kier molecular flexibility index (Phi) is 4.74. The molecule has 0 aromatic carbocycles. The van der Waals surface area contributed by atoms with Crippen LogP contribution in [0.5, 0.6) is 0 Å². The van der Waals surface area contributed by atoms with Crippen molar-refractivity contribution in [3.05, 3.63) is 0 Å². The second-order valence-electron chi connectivity index (χ2n) is 5.15. The lowest BCUT2D eigenvalue weighted by molar-refractivity contribution is -0.127. The molecule has 0 aromatic rings. The molecular formula is C12H24N2O2. The van der Waals surface area contributed by atoms with Crippen LogP contribution in [0.15, 0.2) is 0 Å². The van der Waals surface area contributed by atoms with E-state index in [0.29, 0.717) is 6.54 Å². The van der Waals surface area contributed by atoms with Crippen molar-refractivity contribution < 1.29 is 9.53 Å². The number of carbonyl (C=O) groups is 1. The SMILES string of the molecule is CCC(CN)C(=O)NC1CCOC(C)(C)C1. The van der Waals surface area contributed by atoms with Crippen LogP contribution in [0.25, 0.3) is 0 Å². The van der Waals surface area contributed by atoms with Gasteiger partial charge in [0.2, 0.25) is 5.91 Å². The number of rotatable bonds is 4. The highest BCUT2D eigenvalue weighted by atomic mass is 16.5. The molecule has 2 atom stereocenters. The fourth-order valence-electron chi connectivity index (χ4n) is 2.13. The van der Waals surface area contributed by atoms with E-state index < -0.39 is 0 Å². The van der Waals surface area contributed by atoms with Crippen LogP contribution >= 0.6 is 0 Å². The van der Waals surface area contributed by atoms with Gasteiger partial charge in [0.1, 0.15) is 0 Å². The molecular weight excluding hydrogens is 204 g/mol. The van der Waals surface area contributed by atoms with Gasteiger partial charge in [0.25, 0.3) is 0 Å². The van der Waals surface area contributed by atoms with Crippen LogP contribution < -0.4 is 11.1 Å². The molecule has 0 spiro atoms. The highest BCUT2D eigenvalue weighted by Crippen LogP contribution is 2.24. The lowest BCUT2D eigenvalue weighted by atomic mass is 9.93. The first-order chi connectivity index (χ1) is 7.48. The Balaban J connectivity index is 2.44. The summed E-state index contributed by atoms with van der Waals surface area (Å²) in [5.74, 6) is 0.0404. The molecule has 0 radical (unpaired) electrons. The van der Waals surface area contributed by atoms with Gasteiger partial charge in [0.15, 0.2) is 0 Å². The Morgan fingerprint density at radius 1 is 1.62 bits per heavy atom. The smallest absolute Gasteiger partial charge is 0.224 e. The predicted molar refractivity (Wildman–Crippen MR) is 64.0 cm³/mol. The number of nitrogens with two attached hydrogens (primary N) is 1. The van der Waals surface area contributed by atoms with E-state index in [4.69, 9.17) is 10.5 Å². The van der Waals surface area contributed by atoms with Gasteiger partial charge in [0, 0.05) is 25.1 Å². The monoisotopic (exact) mass is 228 g/mol. The van der Waals surface area contributed by atoms with Gasteiger partial charge >= 0.3 is 0 Å². The fraction of sp³-hybridized carbons (Fsp3) is 0.917. The van der Waals surface area contributed by atoms with Crippen molar-refractivity contribution in [3.63, 3.8) is 0 Å². The lowest BCUT2D eigenvalue weighted by Gasteiger charge is -2.36. The zero-order chi connectivity index (χ0) is 12.2. The first kappa shape index (κ1) is 13.5. The molecule has 4 nitrogen and oxygen atoms in total. The standard InChI is InChI=1S/C12H24N2O2/c1-4-9(8-13)11(15)14-10-5-6-16-12(2,3)7-10/h9-10H,4-8,13H2,1-3H3,(H,14,15). The second kappa shape index (κ2) is 5.64. The largest absolute Gasteiger partial charge is 0.375 e. The van der Waals surface area contributed by atoms with Crippen molar-refractivity contribution in [1.82, 2.24) is 5.32 Å². The number of ether oxygens (including phenoxy) is 1. The molecule has 1 rings (SSSR count). The fourth-order valence-corrected chi connectivity index (χ4v) is 2.13. The zero-order valence-electron chi connectivity index (χ0n) is 10.6. The van der Waals surface area contributed by atoms with Crippen molar-refractivity contribution >= 4 is 5.91 Å². The Labute approximate surface area is 97.9 Å². The maximum atomic E-state index is 11.9. The molecule has 2 unspecified atom stereocenters. The minimum Gasteiger partial charge on any atom is -0.375 e. The van der Waals surface area contributed by atoms with E-state index in [-0.39, 0.29) is 23.5 Å². The molecule has 0 aliphatic carbocycles. The topological polar surface area (TPSA) is 64.4 Å². The molecule has 0 aromatic heterocycles. The van der Waals surface area contributed by atoms with Crippen LogP contribution in [0.2, 0.25) is 0 Å². The van der Waals surface area contributed by atoms with Crippen molar-refractivity contribution in [2.45, 2.75) is 51.7 Å². The summed E-state index contributed by atoms with van der Waals surface area (Å²) in [4.78, 5) is 11.9. The molecule has 0 bridgehead atoms. The van der Waals surface area contributed by atoms with Crippen LogP contribution in [0.4, 0.5) is 0 Å². The molecule has 3 N–H and O–H groups in total. The summed E-state index contributed by atoms with van der Waals surface area (Å²) in [5, 5.41) is 3.08. The number of hydrogen-bond acceptors (Lipinski definition) is 3. The van der Waals surface area contributed by atoms with E-state index in [1.54, 1.807) is 0 Å². The molecule has 16 heavy (non-hydrogen) atoms. The molecule has 1 aliphatic heterocycles. The summed E-state index contributed by atoms with van der Waals surface area (Å²) in [6, 6.07) is 0.233. The summed E-state index contributed by atoms with van der Waals surface area (Å²) in [5.41, 5.74) is 5.43. The third-order valence-corrected chi connectivity index (χ3v) is 3.19. The van der Waals surface area contributed by atoms with Crippen LogP contribution in [0, 0.1) is 5.92 Å². The normalized spacial score (nSPS) is 26.1. The van der Waals surface area contributed by atoms with Gasteiger partial charge in [-0.3, -0.25) is 4.79 Å². The van der Waals surface area contributed by atoms with Crippen molar-refractivity contribution in [1.29, 1.82) is 0 Å². The maximum absolute atomic E-state index is 11.9. The Bertz CT molecular complexity index is 237. The Hall–Kier alpha value is -0.610. The third kappa shape index (κ3) is 3.76. The number of hydrogen-bond donors (Lipinski definition) is 2. The van der Waals surface area contributed by atoms with Gasteiger partial charge in [-0.1, -0.05) is 6.92 Å². The average molecular weight is 228 g/mol. The van der Waals surface area contributed by atoms with E-state index in [0.717, 1.165) is 25.9 Å². The molecule has 1 fully saturated rings. The van der Waals surface area contributed by atoms with Crippen molar-refractivity contribution in [2.24, 2.45) is 11.7 Å². The van der Waals surface area contributed by atoms with E-state index in [2.05, 4.69) is 19.2 Å². The number of amides is 1. The first-order valence-corrected chi connectivity index (χ1v) is 6.13. The summed E-state index contributed by atoms with van der Waals surface area (Å²) in [7, 11) is 0. The lowest BCUT2D eigenvalue weighted by Crippen LogP contribution is -2.48. The minimum absolute atomic E-state index is 0.0500. The van der Waals surface area contributed by atoms with Gasteiger partial charge in [-0.25, -0.2) is 0 Å². The van der Waals surface area contributed by atoms with Gasteiger partial charge in [0.05, 0.1) is 5.60 Å². The summed E-state index contributed by atoms with van der Waals surface area (Å²) >= 11 is 0. The van der Waals surface area contributed by atoms with Crippen LogP contribution in [-0.2, 0) is 9.53 Å². The van der Waals surface area contributed by atoms with Gasteiger partial charge in [-0.05, 0) is 33.1 Å². The average Bonchev–Trinajstić information content (AvgIpc) is 2.17. The van der Waals surface area contributed by atoms with E-state index >= 15 is 0 Å². The summed E-state index contributed by atoms with van der Waals surface area (Å²) < 4.78 is 5.61. The Morgan fingerprint density at radius 3 is 2.81 bits per heavy atom. The quantitative estimate of drug-likeness (QED) is 0.756. The molecule has 0 saturated carbocycles. The first-order valence-electron chi connectivity index (χ1n) is 6.13. The molecule has 1 amide bonds. The highest BCUT2D eigenvalue weighted by molar-refractivity contribution is 5.79. The maximum Gasteiger partial charge on any atom is 0.224 e. The highest BCUT2D eigenvalue weighted by Gasteiger charge is 2.30. The van der Waals surface area contributed by atoms with Crippen molar-refractivity contribution in [3.8, 4) is 0 Å². The summed E-state index contributed by atoms with van der Waals surface area (Å²) in [6.45, 7) is 7.26. The van der Waals surface area contributed by atoms with E-state index in [9.17, 15) is 4.79 Å². The van der Waals surface area contributed by atoms with Gasteiger partial charge < -0.3 is 15.8 Å². The zero-order valence-corrected chi connectivity index (χ0v) is 10.6. The Morgan fingerprint density at radius 2 is 2.31 bits per heavy atom. The van der Waals surface area contributed by atoms with Crippen LogP contribution in [0.3, 0.4) is 0 Å². The molecule has 1 saturated heterocycles. The van der Waals surface area contributed by atoms with Crippen LogP contribution in [0.1, 0.15) is 40.0 Å². The van der Waals surface area contributed by atoms with Crippen molar-refractivity contribution in [2.75, 3.05) is 13.2 Å². The van der Waals surface area contributed by atoms with Gasteiger partial charge in [-0.15, -0.1) is 0 Å². The van der Waals surface area contributed by atoms with E-state index in [1.807, 2.05) is 6.92 Å². The molecule has 1 heterocycles. The van der Waals surface area contributed by atoms with E-state index in [1.165, 1.54) is 0 Å². The number of nitrogens with one attached hydrogen (secondary N) is 1.